The first kappa shape index (κ1) is 16.8. The van der Waals surface area contributed by atoms with E-state index in [-0.39, 0.29) is 18.0 Å². The van der Waals surface area contributed by atoms with Crippen LogP contribution in [0.3, 0.4) is 0 Å². The molecule has 2 amide bonds. The molecule has 1 heterocycles. The van der Waals surface area contributed by atoms with Gasteiger partial charge in [0.05, 0.1) is 13.2 Å². The Morgan fingerprint density at radius 3 is 2.55 bits per heavy atom. The number of likely N-dealkylation sites (tertiary alicyclic amines) is 1. The van der Waals surface area contributed by atoms with E-state index in [1.165, 1.54) is 0 Å². The summed E-state index contributed by atoms with van der Waals surface area (Å²) < 4.78 is 4.96. The molecule has 0 aromatic rings. The average molecular weight is 285 g/mol. The summed E-state index contributed by atoms with van der Waals surface area (Å²) in [6.07, 6.45) is 3.55. The van der Waals surface area contributed by atoms with Gasteiger partial charge >= 0.3 is 6.09 Å². The molecule has 0 bridgehead atoms. The van der Waals surface area contributed by atoms with Crippen LogP contribution in [0.4, 0.5) is 4.79 Å². The highest BCUT2D eigenvalue weighted by molar-refractivity contribution is 5.78. The fourth-order valence-electron chi connectivity index (χ4n) is 2.20. The van der Waals surface area contributed by atoms with E-state index in [4.69, 9.17) is 4.74 Å². The van der Waals surface area contributed by atoms with Crippen molar-refractivity contribution in [2.24, 2.45) is 0 Å². The van der Waals surface area contributed by atoms with Crippen molar-refractivity contribution < 1.29 is 14.3 Å². The first-order valence-corrected chi connectivity index (χ1v) is 7.59. The number of piperidine rings is 1. The van der Waals surface area contributed by atoms with Gasteiger partial charge in [-0.05, 0) is 32.7 Å². The van der Waals surface area contributed by atoms with Crippen LogP contribution in [0.1, 0.15) is 39.5 Å². The quantitative estimate of drug-likeness (QED) is 0.688. The maximum atomic E-state index is 11.7. The Kier molecular flexibility index (Phi) is 8.02. The lowest BCUT2D eigenvalue weighted by molar-refractivity contribution is -0.121. The van der Waals surface area contributed by atoms with Crippen LogP contribution >= 0.6 is 0 Å². The molecule has 0 aromatic carbocycles. The van der Waals surface area contributed by atoms with Gasteiger partial charge in [-0.15, -0.1) is 0 Å². The number of nitrogens with one attached hydrogen (secondary N) is 2. The Bertz CT molecular complexity index is 302. The van der Waals surface area contributed by atoms with Gasteiger partial charge in [-0.2, -0.15) is 0 Å². The Labute approximate surface area is 121 Å². The lowest BCUT2D eigenvalue weighted by Gasteiger charge is -2.31. The van der Waals surface area contributed by atoms with E-state index >= 15 is 0 Å². The molecule has 6 nitrogen and oxygen atoms in total. The van der Waals surface area contributed by atoms with Crippen LogP contribution in [0.2, 0.25) is 0 Å². The summed E-state index contributed by atoms with van der Waals surface area (Å²) in [6, 6.07) is 0.168. The number of carbonyl (C=O) groups excluding carboxylic acids is 2. The second-order valence-corrected chi connectivity index (χ2v) is 5.06. The van der Waals surface area contributed by atoms with Crippen LogP contribution in [0.25, 0.3) is 0 Å². The van der Waals surface area contributed by atoms with Gasteiger partial charge in [0.1, 0.15) is 0 Å². The topological polar surface area (TPSA) is 70.7 Å². The Morgan fingerprint density at radius 1 is 1.25 bits per heavy atom. The molecule has 20 heavy (non-hydrogen) atoms. The van der Waals surface area contributed by atoms with Gasteiger partial charge in [0.2, 0.25) is 5.91 Å². The van der Waals surface area contributed by atoms with Crippen molar-refractivity contribution in [1.29, 1.82) is 0 Å². The van der Waals surface area contributed by atoms with Gasteiger partial charge < -0.3 is 20.3 Å². The van der Waals surface area contributed by atoms with Crippen molar-refractivity contribution in [3.8, 4) is 0 Å². The molecule has 6 heteroatoms. The smallest absolute Gasteiger partial charge is 0.409 e. The van der Waals surface area contributed by atoms with Gasteiger partial charge in [-0.1, -0.05) is 13.3 Å². The standard InChI is InChI=1S/C14H27N3O3/c1-3-5-8-15-11-13(18)16-12-6-9-17(10-7-12)14(19)20-4-2/h12,15H,3-11H2,1-2H3,(H,16,18). The highest BCUT2D eigenvalue weighted by Gasteiger charge is 2.24. The van der Waals surface area contributed by atoms with Gasteiger partial charge in [0, 0.05) is 19.1 Å². The maximum Gasteiger partial charge on any atom is 0.409 e. The van der Waals surface area contributed by atoms with Crippen molar-refractivity contribution >= 4 is 12.0 Å². The van der Waals surface area contributed by atoms with Crippen LogP contribution in [-0.2, 0) is 9.53 Å². The highest BCUT2D eigenvalue weighted by Crippen LogP contribution is 2.11. The number of unbranched alkanes of at least 4 members (excludes halogenated alkanes) is 1. The molecule has 1 saturated heterocycles. The molecule has 0 unspecified atom stereocenters. The van der Waals surface area contributed by atoms with Crippen molar-refractivity contribution in [2.45, 2.75) is 45.6 Å². The minimum absolute atomic E-state index is 0.0377. The second-order valence-electron chi connectivity index (χ2n) is 5.06. The van der Waals surface area contributed by atoms with Crippen LogP contribution in [0.15, 0.2) is 0 Å². The molecule has 0 spiro atoms. The first-order valence-electron chi connectivity index (χ1n) is 7.59. The summed E-state index contributed by atoms with van der Waals surface area (Å²) in [5.74, 6) is 0.0377. The SMILES string of the molecule is CCCCNCC(=O)NC1CCN(C(=O)OCC)CC1. The molecule has 116 valence electrons. The van der Waals surface area contributed by atoms with E-state index in [0.29, 0.717) is 26.2 Å². The highest BCUT2D eigenvalue weighted by atomic mass is 16.6. The Balaban J connectivity index is 2.15. The van der Waals surface area contributed by atoms with Gasteiger partial charge in [0.15, 0.2) is 0 Å². The second kappa shape index (κ2) is 9.58. The number of carbonyl (C=O) groups is 2. The molecule has 1 aliphatic heterocycles. The number of nitrogens with zero attached hydrogens (tertiary/aromatic N) is 1. The summed E-state index contributed by atoms with van der Waals surface area (Å²) in [5.41, 5.74) is 0. The molecule has 2 N–H and O–H groups in total. The van der Waals surface area contributed by atoms with E-state index < -0.39 is 0 Å². The number of amides is 2. The normalized spacial score (nSPS) is 16.0. The predicted molar refractivity (Wildman–Crippen MR) is 77.5 cm³/mol. The van der Waals surface area contributed by atoms with Crippen molar-refractivity contribution in [3.63, 3.8) is 0 Å². The summed E-state index contributed by atoms with van der Waals surface area (Å²) in [6.45, 7) is 6.87. The summed E-state index contributed by atoms with van der Waals surface area (Å²) in [4.78, 5) is 24.9. The zero-order valence-electron chi connectivity index (χ0n) is 12.6. The Hall–Kier alpha value is -1.30. The van der Waals surface area contributed by atoms with Crippen LogP contribution in [0.5, 0.6) is 0 Å². The number of hydrogen-bond donors (Lipinski definition) is 2. The monoisotopic (exact) mass is 285 g/mol. The minimum Gasteiger partial charge on any atom is -0.450 e. The average Bonchev–Trinajstić information content (AvgIpc) is 2.45. The van der Waals surface area contributed by atoms with Crippen LogP contribution in [0, 0.1) is 0 Å². The number of rotatable bonds is 7. The number of ether oxygens (including phenoxy) is 1. The summed E-state index contributed by atoms with van der Waals surface area (Å²) in [7, 11) is 0. The van der Waals surface area contributed by atoms with Crippen molar-refractivity contribution in [2.75, 3.05) is 32.8 Å². The molecule has 0 atom stereocenters. The molecule has 0 saturated carbocycles. The minimum atomic E-state index is -0.251. The molecular formula is C14H27N3O3. The van der Waals surface area contributed by atoms with Gasteiger partial charge in [0.25, 0.3) is 0 Å². The van der Waals surface area contributed by atoms with E-state index in [2.05, 4.69) is 17.6 Å². The van der Waals surface area contributed by atoms with Gasteiger partial charge in [-0.25, -0.2) is 4.79 Å². The van der Waals surface area contributed by atoms with Crippen LogP contribution in [-0.4, -0.2) is 55.7 Å². The lowest BCUT2D eigenvalue weighted by atomic mass is 10.1. The lowest BCUT2D eigenvalue weighted by Crippen LogP contribution is -2.48. The summed E-state index contributed by atoms with van der Waals surface area (Å²) in [5, 5.41) is 6.13. The molecule has 1 rings (SSSR count). The summed E-state index contributed by atoms with van der Waals surface area (Å²) >= 11 is 0. The van der Waals surface area contributed by atoms with E-state index in [1.807, 2.05) is 0 Å². The molecule has 0 aliphatic carbocycles. The first-order chi connectivity index (χ1) is 9.67. The molecule has 0 aromatic heterocycles. The fourth-order valence-corrected chi connectivity index (χ4v) is 2.20. The molecule has 1 fully saturated rings. The zero-order valence-corrected chi connectivity index (χ0v) is 12.6. The molecule has 0 radical (unpaired) electrons. The molecule has 1 aliphatic rings. The fraction of sp³-hybridized carbons (Fsp3) is 0.857. The number of hydrogen-bond acceptors (Lipinski definition) is 4. The largest absolute Gasteiger partial charge is 0.450 e. The van der Waals surface area contributed by atoms with Crippen molar-refractivity contribution in [1.82, 2.24) is 15.5 Å². The third-order valence-corrected chi connectivity index (χ3v) is 3.38. The maximum absolute atomic E-state index is 11.7. The Morgan fingerprint density at radius 2 is 1.95 bits per heavy atom. The van der Waals surface area contributed by atoms with Crippen LogP contribution < -0.4 is 10.6 Å². The van der Waals surface area contributed by atoms with E-state index in [9.17, 15) is 9.59 Å². The van der Waals surface area contributed by atoms with Gasteiger partial charge in [-0.3, -0.25) is 4.79 Å². The predicted octanol–water partition coefficient (Wildman–Crippen LogP) is 1.11. The molecular weight excluding hydrogens is 258 g/mol. The van der Waals surface area contributed by atoms with E-state index in [0.717, 1.165) is 32.2 Å². The third kappa shape index (κ3) is 6.23. The third-order valence-electron chi connectivity index (χ3n) is 3.38. The van der Waals surface area contributed by atoms with Crippen molar-refractivity contribution in [3.05, 3.63) is 0 Å². The zero-order chi connectivity index (χ0) is 14.8. The van der Waals surface area contributed by atoms with E-state index in [1.54, 1.807) is 11.8 Å².